The standard InChI is InChI=1S/C21H24N3S.C5H5.Fe/c1-16(24-15-20(22-23-24)17-9-4-2-5-10-17)19-13-8-14-21(19)25-18-11-6-3-7-12-18;1-2-4-5-3-1;/h2,4-5,8-10,13-16,18H,3,6-7,11-12H2,1H3;1-5H;/q2*-1;+2/t16-;;/m0../s1. The summed E-state index contributed by atoms with van der Waals surface area (Å²) in [6.45, 7) is 2.21. The van der Waals surface area contributed by atoms with E-state index in [-0.39, 0.29) is 23.1 Å². The molecule has 3 aromatic carbocycles. The van der Waals surface area contributed by atoms with Crippen molar-refractivity contribution in [2.24, 2.45) is 0 Å². The maximum absolute atomic E-state index is 4.39. The zero-order valence-electron chi connectivity index (χ0n) is 17.9. The molecule has 1 aliphatic rings. The molecule has 5 heteroatoms. The van der Waals surface area contributed by atoms with Gasteiger partial charge >= 0.3 is 17.1 Å². The molecule has 1 heterocycles. The van der Waals surface area contributed by atoms with Gasteiger partial charge in [-0.15, -0.1) is 9.99 Å². The Balaban J connectivity index is 0.000000401. The SMILES string of the molecule is C[C@@H](c1cc[cH-]c1SC1CCCCC1)n1cc(-c2ccccc2)nn1.[Fe+2].c1cc[cH-]c1. The third-order valence-corrected chi connectivity index (χ3v) is 7.07. The second kappa shape index (κ2) is 12.1. The number of thioether (sulfide) groups is 1. The molecule has 1 aliphatic carbocycles. The zero-order chi connectivity index (χ0) is 20.6. The van der Waals surface area contributed by atoms with Crippen LogP contribution < -0.4 is 0 Å². The minimum absolute atomic E-state index is 0. The maximum atomic E-state index is 4.39. The predicted octanol–water partition coefficient (Wildman–Crippen LogP) is 7.10. The number of benzene rings is 1. The first-order chi connectivity index (χ1) is 14.8. The smallest absolute Gasteiger partial charge is 0.257 e. The molecule has 5 rings (SSSR count). The number of nitrogens with zero attached hydrogens (tertiary/aromatic N) is 3. The Morgan fingerprint density at radius 3 is 2.39 bits per heavy atom. The Bertz CT molecular complexity index is 968. The second-order valence-corrected chi connectivity index (χ2v) is 9.15. The van der Waals surface area contributed by atoms with Crippen molar-refractivity contribution in [1.82, 2.24) is 15.0 Å². The number of hydrogen-bond acceptors (Lipinski definition) is 3. The Labute approximate surface area is 200 Å². The summed E-state index contributed by atoms with van der Waals surface area (Å²) >= 11 is 2.06. The third-order valence-electron chi connectivity index (χ3n) is 5.64. The van der Waals surface area contributed by atoms with Gasteiger partial charge in [-0.3, -0.25) is 4.68 Å². The van der Waals surface area contributed by atoms with Crippen molar-refractivity contribution in [3.63, 3.8) is 0 Å². The van der Waals surface area contributed by atoms with E-state index in [4.69, 9.17) is 0 Å². The molecule has 0 unspecified atom stereocenters. The van der Waals surface area contributed by atoms with Gasteiger partial charge in [-0.25, -0.2) is 18.2 Å². The average molecular weight is 471 g/mol. The van der Waals surface area contributed by atoms with E-state index in [1.54, 1.807) is 0 Å². The van der Waals surface area contributed by atoms with Gasteiger partial charge in [-0.1, -0.05) is 61.7 Å². The van der Waals surface area contributed by atoms with E-state index in [1.165, 1.54) is 42.6 Å². The fourth-order valence-electron chi connectivity index (χ4n) is 3.90. The summed E-state index contributed by atoms with van der Waals surface area (Å²) in [5.41, 5.74) is 3.40. The fraction of sp³-hybridized carbons (Fsp3) is 0.308. The Morgan fingerprint density at radius 1 is 0.968 bits per heavy atom. The molecule has 1 fully saturated rings. The molecule has 1 atom stereocenters. The van der Waals surface area contributed by atoms with E-state index in [1.807, 2.05) is 53.2 Å². The third kappa shape index (κ3) is 6.46. The van der Waals surface area contributed by atoms with Crippen LogP contribution in [0.1, 0.15) is 50.6 Å². The summed E-state index contributed by atoms with van der Waals surface area (Å²) in [6, 6.07) is 27.1. The van der Waals surface area contributed by atoms with Crippen LogP contribution in [-0.4, -0.2) is 20.2 Å². The van der Waals surface area contributed by atoms with Crippen LogP contribution in [-0.2, 0) is 17.1 Å². The minimum Gasteiger partial charge on any atom is -0.257 e. The molecule has 1 aromatic heterocycles. The molecule has 4 aromatic rings. The molecule has 0 aliphatic heterocycles. The maximum Gasteiger partial charge on any atom is 2.00 e. The van der Waals surface area contributed by atoms with E-state index in [0.29, 0.717) is 0 Å². The van der Waals surface area contributed by atoms with E-state index in [9.17, 15) is 0 Å². The van der Waals surface area contributed by atoms with E-state index >= 15 is 0 Å². The van der Waals surface area contributed by atoms with Crippen molar-refractivity contribution in [3.8, 4) is 11.3 Å². The summed E-state index contributed by atoms with van der Waals surface area (Å²) < 4.78 is 1.99. The van der Waals surface area contributed by atoms with Crippen molar-refractivity contribution >= 4 is 11.8 Å². The van der Waals surface area contributed by atoms with Gasteiger partial charge < -0.3 is 0 Å². The fourth-order valence-corrected chi connectivity index (χ4v) is 5.36. The first-order valence-corrected chi connectivity index (χ1v) is 11.8. The second-order valence-electron chi connectivity index (χ2n) is 7.81. The van der Waals surface area contributed by atoms with Gasteiger partial charge in [0, 0.05) is 16.9 Å². The van der Waals surface area contributed by atoms with Gasteiger partial charge in [0.25, 0.3) is 0 Å². The van der Waals surface area contributed by atoms with Crippen molar-refractivity contribution in [2.45, 2.75) is 55.2 Å². The molecule has 31 heavy (non-hydrogen) atoms. The van der Waals surface area contributed by atoms with Gasteiger partial charge in [0.1, 0.15) is 5.69 Å². The molecule has 3 nitrogen and oxygen atoms in total. The Morgan fingerprint density at radius 2 is 1.71 bits per heavy atom. The van der Waals surface area contributed by atoms with Gasteiger partial charge in [0.05, 0.1) is 6.20 Å². The molecule has 0 spiro atoms. The van der Waals surface area contributed by atoms with Crippen LogP contribution in [0.5, 0.6) is 0 Å². The van der Waals surface area contributed by atoms with Gasteiger partial charge in [0.2, 0.25) is 0 Å². The molecule has 0 amide bonds. The van der Waals surface area contributed by atoms with Crippen LogP contribution in [0, 0.1) is 0 Å². The van der Waals surface area contributed by atoms with Gasteiger partial charge in [-0.2, -0.15) is 47.7 Å². The van der Waals surface area contributed by atoms with Crippen LogP contribution in [0.3, 0.4) is 0 Å². The largest absolute Gasteiger partial charge is 2.00 e. The summed E-state index contributed by atoms with van der Waals surface area (Å²) in [4.78, 5) is 1.41. The molecular weight excluding hydrogens is 442 g/mol. The first-order valence-electron chi connectivity index (χ1n) is 10.9. The summed E-state index contributed by atoms with van der Waals surface area (Å²) in [5, 5.41) is 9.54. The minimum atomic E-state index is 0. The Hall–Kier alpha value is -2.07. The van der Waals surface area contributed by atoms with Crippen LogP contribution in [0.2, 0.25) is 0 Å². The number of hydrogen-bond donors (Lipinski definition) is 0. The molecule has 1 saturated carbocycles. The van der Waals surface area contributed by atoms with E-state index < -0.39 is 0 Å². The molecule has 0 bridgehead atoms. The Kier molecular flexibility index (Phi) is 9.20. The monoisotopic (exact) mass is 471 g/mol. The van der Waals surface area contributed by atoms with Crippen LogP contribution in [0.4, 0.5) is 0 Å². The molecule has 0 N–H and O–H groups in total. The van der Waals surface area contributed by atoms with Gasteiger partial charge in [0.15, 0.2) is 0 Å². The quantitative estimate of drug-likeness (QED) is 0.230. The van der Waals surface area contributed by atoms with Crippen LogP contribution in [0.25, 0.3) is 11.3 Å². The molecule has 0 saturated heterocycles. The van der Waals surface area contributed by atoms with E-state index in [2.05, 4.69) is 65.5 Å². The summed E-state index contributed by atoms with van der Waals surface area (Å²) in [5.74, 6) is 0. The molecular formula is C26H29FeN3S. The first kappa shape index (κ1) is 23.6. The topological polar surface area (TPSA) is 30.7 Å². The number of rotatable bonds is 5. The summed E-state index contributed by atoms with van der Waals surface area (Å²) in [7, 11) is 0. The van der Waals surface area contributed by atoms with E-state index in [0.717, 1.165) is 16.5 Å². The van der Waals surface area contributed by atoms with Gasteiger partial charge in [-0.05, 0) is 12.8 Å². The molecule has 0 radical (unpaired) electrons. The predicted molar refractivity (Wildman–Crippen MR) is 126 cm³/mol. The average Bonchev–Trinajstić information content (AvgIpc) is 3.58. The zero-order valence-corrected chi connectivity index (χ0v) is 19.8. The van der Waals surface area contributed by atoms with Crippen molar-refractivity contribution in [1.29, 1.82) is 0 Å². The van der Waals surface area contributed by atoms with Crippen molar-refractivity contribution < 1.29 is 17.1 Å². The normalized spacial score (nSPS) is 14.9. The molecule has 162 valence electrons. The van der Waals surface area contributed by atoms with Crippen molar-refractivity contribution in [2.75, 3.05) is 0 Å². The van der Waals surface area contributed by atoms with Crippen molar-refractivity contribution in [3.05, 3.63) is 90.6 Å². The van der Waals surface area contributed by atoms with Crippen LogP contribution in [0.15, 0.2) is 90.0 Å². The van der Waals surface area contributed by atoms with Crippen LogP contribution >= 0.6 is 11.8 Å². The number of aromatic nitrogens is 3. The summed E-state index contributed by atoms with van der Waals surface area (Å²) in [6.07, 6.45) is 8.93.